The van der Waals surface area contributed by atoms with Crippen LogP contribution in [0.3, 0.4) is 0 Å². The number of hydrogen-bond acceptors (Lipinski definition) is 5. The Kier molecular flexibility index (Phi) is 3.71. The maximum Gasteiger partial charge on any atom is 0.358 e. The van der Waals surface area contributed by atoms with Crippen LogP contribution in [0, 0.1) is 0 Å². The van der Waals surface area contributed by atoms with Crippen molar-refractivity contribution >= 4 is 5.97 Å². The zero-order valence-electron chi connectivity index (χ0n) is 11.7. The maximum atomic E-state index is 11.2. The molecule has 1 aromatic rings. The quantitative estimate of drug-likeness (QED) is 0.849. The second-order valence-electron chi connectivity index (χ2n) is 5.47. The molecular formula is C13H20N4O3. The van der Waals surface area contributed by atoms with Gasteiger partial charge < -0.3 is 9.84 Å². The van der Waals surface area contributed by atoms with Crippen LogP contribution in [0.25, 0.3) is 0 Å². The molecular weight excluding hydrogens is 260 g/mol. The standard InChI is InChI=1S/C13H20N4O3/c1-2-16-5-6-20-10(7-16)8-17-12(9-3-4-9)11(13(18)19)14-15-17/h9-10H,2-8H2,1H3,(H,18,19). The molecule has 1 unspecified atom stereocenters. The second-order valence-corrected chi connectivity index (χ2v) is 5.47. The van der Waals surface area contributed by atoms with Crippen LogP contribution in [-0.4, -0.2) is 63.3 Å². The Balaban J connectivity index is 1.75. The fraction of sp³-hybridized carbons (Fsp3) is 0.769. The van der Waals surface area contributed by atoms with Crippen LogP contribution in [0.4, 0.5) is 0 Å². The van der Waals surface area contributed by atoms with Gasteiger partial charge in [-0.2, -0.15) is 0 Å². The number of hydrogen-bond donors (Lipinski definition) is 1. The third kappa shape index (κ3) is 2.69. The van der Waals surface area contributed by atoms with Gasteiger partial charge in [-0.05, 0) is 19.4 Å². The van der Waals surface area contributed by atoms with Crippen molar-refractivity contribution in [1.29, 1.82) is 0 Å². The fourth-order valence-corrected chi connectivity index (χ4v) is 2.74. The average molecular weight is 280 g/mol. The third-order valence-electron chi connectivity index (χ3n) is 3.99. The minimum atomic E-state index is -0.988. The summed E-state index contributed by atoms with van der Waals surface area (Å²) >= 11 is 0. The van der Waals surface area contributed by atoms with Crippen molar-refractivity contribution in [3.63, 3.8) is 0 Å². The van der Waals surface area contributed by atoms with Crippen molar-refractivity contribution in [2.45, 2.75) is 38.3 Å². The first-order valence-electron chi connectivity index (χ1n) is 7.19. The highest BCUT2D eigenvalue weighted by Gasteiger charge is 2.34. The molecule has 20 heavy (non-hydrogen) atoms. The summed E-state index contributed by atoms with van der Waals surface area (Å²) in [5.74, 6) is -0.681. The molecule has 1 aromatic heterocycles. The Morgan fingerprint density at radius 2 is 2.30 bits per heavy atom. The molecule has 0 bridgehead atoms. The average Bonchev–Trinajstić information content (AvgIpc) is 3.20. The molecule has 1 N–H and O–H groups in total. The van der Waals surface area contributed by atoms with Crippen molar-refractivity contribution in [3.8, 4) is 0 Å². The first-order chi connectivity index (χ1) is 9.69. The predicted molar refractivity (Wildman–Crippen MR) is 70.8 cm³/mol. The number of rotatable bonds is 5. The van der Waals surface area contributed by atoms with Crippen molar-refractivity contribution in [3.05, 3.63) is 11.4 Å². The molecule has 1 saturated heterocycles. The highest BCUT2D eigenvalue weighted by atomic mass is 16.5. The summed E-state index contributed by atoms with van der Waals surface area (Å²) in [6.07, 6.45) is 2.12. The fourth-order valence-electron chi connectivity index (χ4n) is 2.74. The van der Waals surface area contributed by atoms with E-state index in [1.807, 2.05) is 0 Å². The van der Waals surface area contributed by atoms with Crippen molar-refractivity contribution in [2.75, 3.05) is 26.2 Å². The largest absolute Gasteiger partial charge is 0.476 e. The maximum absolute atomic E-state index is 11.2. The number of carboxylic acid groups (broad SMARTS) is 1. The molecule has 110 valence electrons. The van der Waals surface area contributed by atoms with Gasteiger partial charge in [0.2, 0.25) is 0 Å². The SMILES string of the molecule is CCN1CCOC(Cn2nnc(C(=O)O)c2C2CC2)C1. The number of ether oxygens (including phenoxy) is 1. The van der Waals surface area contributed by atoms with Gasteiger partial charge in [0.1, 0.15) is 0 Å². The molecule has 2 heterocycles. The van der Waals surface area contributed by atoms with Crippen LogP contribution in [0.5, 0.6) is 0 Å². The molecule has 7 nitrogen and oxygen atoms in total. The smallest absolute Gasteiger partial charge is 0.358 e. The van der Waals surface area contributed by atoms with Gasteiger partial charge in [0, 0.05) is 19.0 Å². The third-order valence-corrected chi connectivity index (χ3v) is 3.99. The molecule has 3 rings (SSSR count). The first-order valence-corrected chi connectivity index (χ1v) is 7.19. The summed E-state index contributed by atoms with van der Waals surface area (Å²) in [6, 6.07) is 0. The van der Waals surface area contributed by atoms with Gasteiger partial charge in [-0.1, -0.05) is 12.1 Å². The predicted octanol–water partition coefficient (Wildman–Crippen LogP) is 0.574. The van der Waals surface area contributed by atoms with Gasteiger partial charge >= 0.3 is 5.97 Å². The normalized spacial score (nSPS) is 23.9. The molecule has 0 aromatic carbocycles. The topological polar surface area (TPSA) is 80.5 Å². The number of morpholine rings is 1. The van der Waals surface area contributed by atoms with Gasteiger partial charge in [-0.15, -0.1) is 5.10 Å². The van der Waals surface area contributed by atoms with Crippen LogP contribution in [0.1, 0.15) is 41.9 Å². The minimum absolute atomic E-state index is 0.0598. The van der Waals surface area contributed by atoms with Crippen molar-refractivity contribution in [2.24, 2.45) is 0 Å². The molecule has 7 heteroatoms. The Morgan fingerprint density at radius 3 is 2.95 bits per heavy atom. The number of aromatic nitrogens is 3. The number of likely N-dealkylation sites (N-methyl/N-ethyl adjacent to an activating group) is 1. The lowest BCUT2D eigenvalue weighted by Gasteiger charge is -2.32. The molecule has 2 aliphatic rings. The first kappa shape index (κ1) is 13.5. The van der Waals surface area contributed by atoms with E-state index in [0.29, 0.717) is 12.5 Å². The highest BCUT2D eigenvalue weighted by molar-refractivity contribution is 5.86. The van der Waals surface area contributed by atoms with Crippen molar-refractivity contribution < 1.29 is 14.6 Å². The molecule has 1 aliphatic heterocycles. The van der Waals surface area contributed by atoms with Crippen LogP contribution in [0.2, 0.25) is 0 Å². The summed E-state index contributed by atoms with van der Waals surface area (Å²) in [4.78, 5) is 13.5. The lowest BCUT2D eigenvalue weighted by molar-refractivity contribution is -0.0363. The van der Waals surface area contributed by atoms with Gasteiger partial charge in [-0.25, -0.2) is 9.48 Å². The van der Waals surface area contributed by atoms with Gasteiger partial charge in [0.15, 0.2) is 5.69 Å². The summed E-state index contributed by atoms with van der Waals surface area (Å²) in [6.45, 7) is 6.27. The zero-order chi connectivity index (χ0) is 14.1. The van der Waals surface area contributed by atoms with E-state index in [4.69, 9.17) is 4.74 Å². The minimum Gasteiger partial charge on any atom is -0.476 e. The Bertz CT molecular complexity index is 498. The summed E-state index contributed by atoms with van der Waals surface area (Å²) in [7, 11) is 0. The number of carboxylic acids is 1. The molecule has 1 saturated carbocycles. The lowest BCUT2D eigenvalue weighted by Crippen LogP contribution is -2.44. The van der Waals surface area contributed by atoms with Gasteiger partial charge in [0.25, 0.3) is 0 Å². The Morgan fingerprint density at radius 1 is 1.50 bits per heavy atom. The number of nitrogens with zero attached hydrogens (tertiary/aromatic N) is 4. The Hall–Kier alpha value is -1.47. The summed E-state index contributed by atoms with van der Waals surface area (Å²) in [5.41, 5.74) is 0.880. The van der Waals surface area contributed by atoms with Crippen LogP contribution in [0.15, 0.2) is 0 Å². The second kappa shape index (κ2) is 5.49. The molecule has 0 amide bonds. The Labute approximate surface area is 117 Å². The van der Waals surface area contributed by atoms with E-state index in [1.165, 1.54) is 0 Å². The van der Waals surface area contributed by atoms with Crippen molar-refractivity contribution in [1.82, 2.24) is 19.9 Å². The van der Waals surface area contributed by atoms with E-state index < -0.39 is 5.97 Å². The van der Waals surface area contributed by atoms with E-state index in [2.05, 4.69) is 22.1 Å². The monoisotopic (exact) mass is 280 g/mol. The van der Waals surface area contributed by atoms with E-state index in [0.717, 1.165) is 44.8 Å². The van der Waals surface area contributed by atoms with Gasteiger partial charge in [-0.3, -0.25) is 4.90 Å². The molecule has 0 radical (unpaired) electrons. The van der Waals surface area contributed by atoms with E-state index in [1.54, 1.807) is 4.68 Å². The highest BCUT2D eigenvalue weighted by Crippen LogP contribution is 2.41. The van der Waals surface area contributed by atoms with Crippen LogP contribution >= 0.6 is 0 Å². The number of carbonyl (C=O) groups is 1. The van der Waals surface area contributed by atoms with E-state index >= 15 is 0 Å². The molecule has 1 aliphatic carbocycles. The number of aromatic carboxylic acids is 1. The lowest BCUT2D eigenvalue weighted by atomic mass is 10.2. The summed E-state index contributed by atoms with van der Waals surface area (Å²) in [5, 5.41) is 17.0. The molecule has 0 spiro atoms. The van der Waals surface area contributed by atoms with Crippen LogP contribution in [-0.2, 0) is 11.3 Å². The summed E-state index contributed by atoms with van der Waals surface area (Å²) < 4.78 is 7.50. The van der Waals surface area contributed by atoms with E-state index in [9.17, 15) is 9.90 Å². The van der Waals surface area contributed by atoms with Crippen LogP contribution < -0.4 is 0 Å². The molecule has 1 atom stereocenters. The molecule has 2 fully saturated rings. The van der Waals surface area contributed by atoms with Gasteiger partial charge in [0.05, 0.1) is 24.9 Å². The van der Waals surface area contributed by atoms with E-state index in [-0.39, 0.29) is 11.8 Å². The zero-order valence-corrected chi connectivity index (χ0v) is 11.7.